The minimum atomic E-state index is -5.31. The maximum Gasteiger partial charge on any atom is 0.450 e. The zero-order valence-corrected chi connectivity index (χ0v) is 17.1. The van der Waals surface area contributed by atoms with Gasteiger partial charge in [-0.1, -0.05) is 29.8 Å². The highest BCUT2D eigenvalue weighted by Gasteiger charge is 2.60. The van der Waals surface area contributed by atoms with E-state index in [9.17, 15) is 32.3 Å². The average Bonchev–Trinajstić information content (AvgIpc) is 3.23. The van der Waals surface area contributed by atoms with Crippen LogP contribution in [0, 0.1) is 18.7 Å². The standard InChI is InChI=1S/C23H18F4N2O4/c1-12-2-6-14(7-3-12)22(32)18(20(30)23(25,26)27)19(28-21(31)29-22)17-11-10-16(33-17)13-4-8-15(24)9-5-13/h2-11,18-19,32H,1H3,(H2,28,29,31)/t18-,19-,22-/m1/s1. The number of amides is 2. The summed E-state index contributed by atoms with van der Waals surface area (Å²) >= 11 is 0. The molecule has 4 rings (SSSR count). The van der Waals surface area contributed by atoms with E-state index in [0.29, 0.717) is 5.56 Å². The third-order valence-corrected chi connectivity index (χ3v) is 5.49. The third kappa shape index (κ3) is 4.21. The Hall–Kier alpha value is -3.66. The Kier molecular flexibility index (Phi) is 5.49. The van der Waals surface area contributed by atoms with E-state index in [4.69, 9.17) is 4.42 Å². The fraction of sp³-hybridized carbons (Fsp3) is 0.217. The number of urea groups is 1. The first kappa shape index (κ1) is 22.5. The molecule has 0 spiro atoms. The van der Waals surface area contributed by atoms with Gasteiger partial charge in [-0.2, -0.15) is 13.2 Å². The highest BCUT2D eigenvalue weighted by molar-refractivity contribution is 5.91. The van der Waals surface area contributed by atoms with Crippen LogP contribution in [0.1, 0.15) is 22.9 Å². The van der Waals surface area contributed by atoms with Crippen LogP contribution in [0.15, 0.2) is 65.1 Å². The number of furan rings is 1. The first-order valence-corrected chi connectivity index (χ1v) is 9.84. The molecule has 2 aromatic carbocycles. The number of halogens is 4. The number of nitrogens with one attached hydrogen (secondary N) is 2. The van der Waals surface area contributed by atoms with Crippen molar-refractivity contribution in [1.29, 1.82) is 0 Å². The molecule has 2 heterocycles. The van der Waals surface area contributed by atoms with E-state index < -0.39 is 41.5 Å². The highest BCUT2D eigenvalue weighted by Crippen LogP contribution is 2.43. The lowest BCUT2D eigenvalue weighted by atomic mass is 9.77. The third-order valence-electron chi connectivity index (χ3n) is 5.49. The van der Waals surface area contributed by atoms with Crippen molar-refractivity contribution in [2.45, 2.75) is 24.9 Å². The van der Waals surface area contributed by atoms with Crippen LogP contribution in [0.5, 0.6) is 0 Å². The molecular formula is C23H18F4N2O4. The number of aryl methyl sites for hydroxylation is 1. The number of ketones is 1. The van der Waals surface area contributed by atoms with Gasteiger partial charge in [-0.3, -0.25) is 4.79 Å². The van der Waals surface area contributed by atoms with Crippen LogP contribution in [0.2, 0.25) is 0 Å². The number of carbonyl (C=O) groups is 2. The first-order chi connectivity index (χ1) is 15.5. The Bertz CT molecular complexity index is 1190. The topological polar surface area (TPSA) is 91.6 Å². The molecule has 1 saturated heterocycles. The maximum absolute atomic E-state index is 13.6. The molecule has 1 aliphatic rings. The van der Waals surface area contributed by atoms with Crippen molar-refractivity contribution in [2.75, 3.05) is 0 Å². The van der Waals surface area contributed by atoms with Gasteiger partial charge in [-0.05, 0) is 43.3 Å². The van der Waals surface area contributed by atoms with E-state index in [-0.39, 0.29) is 17.1 Å². The molecule has 1 fully saturated rings. The number of alkyl halides is 3. The number of hydrogen-bond donors (Lipinski definition) is 3. The molecular weight excluding hydrogens is 444 g/mol. The highest BCUT2D eigenvalue weighted by atomic mass is 19.4. The summed E-state index contributed by atoms with van der Waals surface area (Å²) in [7, 11) is 0. The van der Waals surface area contributed by atoms with Gasteiger partial charge in [0, 0.05) is 11.1 Å². The van der Waals surface area contributed by atoms with Crippen LogP contribution < -0.4 is 10.6 Å². The molecule has 172 valence electrons. The first-order valence-electron chi connectivity index (χ1n) is 9.84. The van der Waals surface area contributed by atoms with E-state index >= 15 is 0 Å². The second kappa shape index (κ2) is 8.04. The van der Waals surface area contributed by atoms with Crippen LogP contribution in [0.25, 0.3) is 11.3 Å². The van der Waals surface area contributed by atoms with Gasteiger partial charge in [0.25, 0.3) is 0 Å². The molecule has 0 aliphatic carbocycles. The smallest absolute Gasteiger partial charge is 0.450 e. The van der Waals surface area contributed by atoms with Gasteiger partial charge in [0.05, 0.1) is 0 Å². The number of carbonyl (C=O) groups excluding carboxylic acids is 2. The van der Waals surface area contributed by atoms with E-state index in [1.807, 2.05) is 0 Å². The summed E-state index contributed by atoms with van der Waals surface area (Å²) in [6.07, 6.45) is -5.31. The predicted molar refractivity (Wildman–Crippen MR) is 108 cm³/mol. The monoisotopic (exact) mass is 462 g/mol. The minimum Gasteiger partial charge on any atom is -0.459 e. The molecule has 10 heteroatoms. The van der Waals surface area contributed by atoms with Crippen molar-refractivity contribution in [3.63, 3.8) is 0 Å². The lowest BCUT2D eigenvalue weighted by Crippen LogP contribution is -2.66. The van der Waals surface area contributed by atoms with E-state index in [1.165, 1.54) is 60.7 Å². The second-order valence-corrected chi connectivity index (χ2v) is 7.76. The van der Waals surface area contributed by atoms with Crippen LogP contribution in [0.4, 0.5) is 22.4 Å². The van der Waals surface area contributed by atoms with Gasteiger partial charge >= 0.3 is 12.2 Å². The molecule has 0 unspecified atom stereocenters. The summed E-state index contributed by atoms with van der Waals surface area (Å²) in [4.78, 5) is 24.9. The largest absolute Gasteiger partial charge is 0.459 e. The molecule has 3 N–H and O–H groups in total. The summed E-state index contributed by atoms with van der Waals surface area (Å²) in [5, 5.41) is 15.6. The Balaban J connectivity index is 1.82. The molecule has 3 atom stereocenters. The van der Waals surface area contributed by atoms with E-state index in [2.05, 4.69) is 10.6 Å². The van der Waals surface area contributed by atoms with Crippen molar-refractivity contribution < 1.29 is 36.7 Å². The van der Waals surface area contributed by atoms with Crippen LogP contribution in [-0.2, 0) is 10.5 Å². The molecule has 0 bridgehead atoms. The van der Waals surface area contributed by atoms with Gasteiger partial charge in [0.1, 0.15) is 29.3 Å². The van der Waals surface area contributed by atoms with Crippen molar-refractivity contribution in [3.05, 3.63) is 83.4 Å². The normalized spacial score (nSPS) is 23.0. The van der Waals surface area contributed by atoms with Gasteiger partial charge in [0.2, 0.25) is 5.78 Å². The lowest BCUT2D eigenvalue weighted by molar-refractivity contribution is -0.190. The zero-order chi connectivity index (χ0) is 24.0. The van der Waals surface area contributed by atoms with E-state index in [1.54, 1.807) is 6.92 Å². The average molecular weight is 462 g/mol. The number of aliphatic hydroxyl groups is 1. The van der Waals surface area contributed by atoms with Crippen molar-refractivity contribution >= 4 is 11.8 Å². The summed E-state index contributed by atoms with van der Waals surface area (Å²) < 4.78 is 59.6. The molecule has 0 radical (unpaired) electrons. The summed E-state index contributed by atoms with van der Waals surface area (Å²) in [6, 6.07) is 11.0. The molecule has 1 aromatic heterocycles. The number of Topliss-reactive ketones (excluding diaryl/α,β-unsaturated/α-hetero) is 1. The van der Waals surface area contributed by atoms with Crippen LogP contribution in [-0.4, -0.2) is 23.1 Å². The summed E-state index contributed by atoms with van der Waals surface area (Å²) in [5.74, 6) is -4.95. The second-order valence-electron chi connectivity index (χ2n) is 7.76. The Labute approximate surface area is 185 Å². The molecule has 0 saturated carbocycles. The van der Waals surface area contributed by atoms with Gasteiger partial charge < -0.3 is 20.2 Å². The number of hydrogen-bond acceptors (Lipinski definition) is 4. The van der Waals surface area contributed by atoms with Crippen LogP contribution >= 0.6 is 0 Å². The Morgan fingerprint density at radius 3 is 2.27 bits per heavy atom. The summed E-state index contributed by atoms with van der Waals surface area (Å²) in [6.45, 7) is 1.73. The molecule has 33 heavy (non-hydrogen) atoms. The Morgan fingerprint density at radius 1 is 1.03 bits per heavy atom. The van der Waals surface area contributed by atoms with Crippen LogP contribution in [0.3, 0.4) is 0 Å². The minimum absolute atomic E-state index is 0.0964. The quantitative estimate of drug-likeness (QED) is 0.503. The van der Waals surface area contributed by atoms with E-state index in [0.717, 1.165) is 5.56 Å². The number of benzene rings is 2. The van der Waals surface area contributed by atoms with Gasteiger partial charge in [0.15, 0.2) is 5.72 Å². The summed E-state index contributed by atoms with van der Waals surface area (Å²) in [5.41, 5.74) is -1.58. The zero-order valence-electron chi connectivity index (χ0n) is 17.1. The van der Waals surface area contributed by atoms with Crippen molar-refractivity contribution in [1.82, 2.24) is 10.6 Å². The van der Waals surface area contributed by atoms with Gasteiger partial charge in [-0.25, -0.2) is 9.18 Å². The maximum atomic E-state index is 13.6. The van der Waals surface area contributed by atoms with Crippen molar-refractivity contribution in [2.24, 2.45) is 5.92 Å². The molecule has 3 aromatic rings. The van der Waals surface area contributed by atoms with Crippen molar-refractivity contribution in [3.8, 4) is 11.3 Å². The fourth-order valence-electron chi connectivity index (χ4n) is 3.85. The fourth-order valence-corrected chi connectivity index (χ4v) is 3.85. The predicted octanol–water partition coefficient (Wildman–Crippen LogP) is 4.34. The van der Waals surface area contributed by atoms with Gasteiger partial charge in [-0.15, -0.1) is 0 Å². The molecule has 2 amide bonds. The SMILES string of the molecule is Cc1ccc([C@]2(O)NC(=O)N[C@H](c3ccc(-c4ccc(F)cc4)o3)[C@@H]2C(=O)C(F)(F)F)cc1. The molecule has 6 nitrogen and oxygen atoms in total. The Morgan fingerprint density at radius 2 is 1.67 bits per heavy atom. The lowest BCUT2D eigenvalue weighted by Gasteiger charge is -2.44. The molecule has 1 aliphatic heterocycles. The number of rotatable bonds is 4.